The molecule has 0 fully saturated rings. The maximum atomic E-state index is 5.81. The summed E-state index contributed by atoms with van der Waals surface area (Å²) in [5, 5.41) is 2.50. The molecule has 0 amide bonds. The molecule has 0 aliphatic carbocycles. The maximum Gasteiger partial charge on any atom is 0.0490 e. The number of halogens is 1. The molecule has 0 unspecified atom stereocenters. The number of nitrogens with two attached hydrogens (primary N) is 1. The van der Waals surface area contributed by atoms with Crippen molar-refractivity contribution in [2.75, 3.05) is 5.73 Å². The Morgan fingerprint density at radius 2 is 1.62 bits per heavy atom. The third-order valence-electron chi connectivity index (χ3n) is 2.94. The first-order chi connectivity index (χ1) is 7.27. The van der Waals surface area contributed by atoms with Crippen LogP contribution in [0.5, 0.6) is 0 Å². The summed E-state index contributed by atoms with van der Waals surface area (Å²) in [6.07, 6.45) is 0. The molecule has 0 radical (unpaired) electrons. The lowest BCUT2D eigenvalue weighted by Gasteiger charge is -1.97. The number of aryl methyl sites for hydroxylation is 1. The maximum absolute atomic E-state index is 5.81. The van der Waals surface area contributed by atoms with Gasteiger partial charge in [0, 0.05) is 34.5 Å². The van der Waals surface area contributed by atoms with Crippen LogP contribution in [0.4, 0.5) is 5.69 Å². The highest BCUT2D eigenvalue weighted by Crippen LogP contribution is 2.28. The van der Waals surface area contributed by atoms with Gasteiger partial charge in [0.05, 0.1) is 0 Å². The topological polar surface area (TPSA) is 30.9 Å². The number of rotatable bonds is 0. The molecular weight excluding hydrogens is 220 g/mol. The summed E-state index contributed by atoms with van der Waals surface area (Å²) in [5.74, 6) is 0. The van der Waals surface area contributed by atoms with Crippen LogP contribution in [-0.2, 0) is 7.05 Å². The smallest absolute Gasteiger partial charge is 0.0490 e. The van der Waals surface area contributed by atoms with Gasteiger partial charge in [-0.25, -0.2) is 0 Å². The van der Waals surface area contributed by atoms with Crippen molar-refractivity contribution >= 4 is 39.9 Å². The predicted octanol–water partition coefficient (Wildman–Crippen LogP) is 3.34. The second-order valence-electron chi connectivity index (χ2n) is 3.85. The van der Waals surface area contributed by atoms with Crippen LogP contribution < -0.4 is 5.73 Å². The number of hydrogen-bond acceptors (Lipinski definition) is 1. The second-order valence-corrected chi connectivity index (χ2v) is 3.85. The van der Waals surface area contributed by atoms with E-state index in [4.69, 9.17) is 5.73 Å². The van der Waals surface area contributed by atoms with Gasteiger partial charge >= 0.3 is 0 Å². The minimum Gasteiger partial charge on any atom is -0.399 e. The van der Waals surface area contributed by atoms with Crippen LogP contribution in [0.2, 0.25) is 0 Å². The zero-order valence-electron chi connectivity index (χ0n) is 8.97. The Morgan fingerprint density at radius 3 is 2.44 bits per heavy atom. The number of nitrogen functional groups attached to an aromatic ring is 1. The molecule has 0 aliphatic heterocycles. The van der Waals surface area contributed by atoms with Crippen LogP contribution in [0.15, 0.2) is 42.5 Å². The van der Waals surface area contributed by atoms with Crippen LogP contribution >= 0.6 is 12.4 Å². The monoisotopic (exact) mass is 232 g/mol. The van der Waals surface area contributed by atoms with E-state index in [2.05, 4.69) is 41.9 Å². The molecule has 3 rings (SSSR count). The molecule has 1 heterocycles. The molecule has 2 aromatic carbocycles. The zero-order valence-corrected chi connectivity index (χ0v) is 9.79. The number of fused-ring (bicyclic) bond motifs is 3. The van der Waals surface area contributed by atoms with Crippen molar-refractivity contribution in [3.8, 4) is 0 Å². The number of aromatic nitrogens is 1. The number of benzene rings is 2. The van der Waals surface area contributed by atoms with Gasteiger partial charge in [-0.05, 0) is 24.3 Å². The summed E-state index contributed by atoms with van der Waals surface area (Å²) in [4.78, 5) is 0. The Bertz CT molecular complexity index is 655. The predicted molar refractivity (Wildman–Crippen MR) is 72.1 cm³/mol. The minimum absolute atomic E-state index is 0. The Kier molecular flexibility index (Phi) is 2.52. The molecule has 0 saturated carbocycles. The van der Waals surface area contributed by atoms with E-state index >= 15 is 0 Å². The third-order valence-corrected chi connectivity index (χ3v) is 2.94. The standard InChI is InChI=1S/C13H12N2.ClH/c1-15-12-5-3-2-4-10(12)11-8-9(14)6-7-13(11)15;/h2-8H,14H2,1H3;1H. The molecule has 0 spiro atoms. The van der Waals surface area contributed by atoms with E-state index in [0.717, 1.165) is 5.69 Å². The number of anilines is 1. The summed E-state index contributed by atoms with van der Waals surface area (Å²) < 4.78 is 2.20. The third kappa shape index (κ3) is 1.34. The van der Waals surface area contributed by atoms with Gasteiger partial charge in [-0.15, -0.1) is 12.4 Å². The molecule has 16 heavy (non-hydrogen) atoms. The van der Waals surface area contributed by atoms with E-state index in [-0.39, 0.29) is 12.4 Å². The van der Waals surface area contributed by atoms with Crippen molar-refractivity contribution in [2.24, 2.45) is 7.05 Å². The van der Waals surface area contributed by atoms with Gasteiger partial charge < -0.3 is 10.3 Å². The Balaban J connectivity index is 0.000000963. The molecule has 1 aromatic heterocycles. The summed E-state index contributed by atoms with van der Waals surface area (Å²) in [7, 11) is 2.08. The average molecular weight is 233 g/mol. The lowest BCUT2D eigenvalue weighted by molar-refractivity contribution is 1.01. The van der Waals surface area contributed by atoms with Crippen molar-refractivity contribution in [3.05, 3.63) is 42.5 Å². The van der Waals surface area contributed by atoms with Gasteiger partial charge in [0.15, 0.2) is 0 Å². The molecule has 0 atom stereocenters. The Morgan fingerprint density at radius 1 is 0.938 bits per heavy atom. The Labute approximate surface area is 100 Å². The molecule has 2 nitrogen and oxygen atoms in total. The fourth-order valence-electron chi connectivity index (χ4n) is 2.19. The van der Waals surface area contributed by atoms with Crippen molar-refractivity contribution in [1.82, 2.24) is 4.57 Å². The van der Waals surface area contributed by atoms with Gasteiger partial charge in [0.2, 0.25) is 0 Å². The van der Waals surface area contributed by atoms with Crippen LogP contribution in [0.1, 0.15) is 0 Å². The average Bonchev–Trinajstić information content (AvgIpc) is 2.54. The summed E-state index contributed by atoms with van der Waals surface area (Å²) in [6, 6.07) is 14.4. The van der Waals surface area contributed by atoms with Crippen molar-refractivity contribution < 1.29 is 0 Å². The van der Waals surface area contributed by atoms with E-state index < -0.39 is 0 Å². The van der Waals surface area contributed by atoms with Gasteiger partial charge in [-0.1, -0.05) is 18.2 Å². The number of para-hydroxylation sites is 1. The molecule has 0 aliphatic rings. The van der Waals surface area contributed by atoms with Gasteiger partial charge in [-0.2, -0.15) is 0 Å². The van der Waals surface area contributed by atoms with Crippen LogP contribution in [0.25, 0.3) is 21.8 Å². The van der Waals surface area contributed by atoms with E-state index in [9.17, 15) is 0 Å². The molecule has 3 aromatic rings. The second kappa shape index (κ2) is 3.72. The summed E-state index contributed by atoms with van der Waals surface area (Å²) >= 11 is 0. The highest BCUT2D eigenvalue weighted by molar-refractivity contribution is 6.08. The van der Waals surface area contributed by atoms with Crippen LogP contribution in [0, 0.1) is 0 Å². The lowest BCUT2D eigenvalue weighted by Crippen LogP contribution is -1.87. The van der Waals surface area contributed by atoms with Crippen LogP contribution in [-0.4, -0.2) is 4.57 Å². The normalized spacial score (nSPS) is 10.6. The highest BCUT2D eigenvalue weighted by atomic mass is 35.5. The summed E-state index contributed by atoms with van der Waals surface area (Å²) in [6.45, 7) is 0. The van der Waals surface area contributed by atoms with Crippen molar-refractivity contribution in [2.45, 2.75) is 0 Å². The molecule has 82 valence electrons. The van der Waals surface area contributed by atoms with E-state index in [1.165, 1.54) is 21.8 Å². The first kappa shape index (κ1) is 10.8. The minimum atomic E-state index is 0. The SMILES string of the molecule is Cl.Cn1c2ccccc2c2cc(N)ccc21. The van der Waals surface area contributed by atoms with Gasteiger partial charge in [0.25, 0.3) is 0 Å². The largest absolute Gasteiger partial charge is 0.399 e. The van der Waals surface area contributed by atoms with Crippen molar-refractivity contribution in [3.63, 3.8) is 0 Å². The fourth-order valence-corrected chi connectivity index (χ4v) is 2.19. The zero-order chi connectivity index (χ0) is 10.4. The van der Waals surface area contributed by atoms with Gasteiger partial charge in [-0.3, -0.25) is 0 Å². The molecule has 0 saturated heterocycles. The number of nitrogens with zero attached hydrogens (tertiary/aromatic N) is 1. The molecule has 0 bridgehead atoms. The first-order valence-electron chi connectivity index (χ1n) is 5.00. The highest BCUT2D eigenvalue weighted by Gasteiger charge is 2.06. The first-order valence-corrected chi connectivity index (χ1v) is 5.00. The van der Waals surface area contributed by atoms with E-state index in [1.807, 2.05) is 12.1 Å². The fraction of sp³-hybridized carbons (Fsp3) is 0.0769. The van der Waals surface area contributed by atoms with Crippen molar-refractivity contribution in [1.29, 1.82) is 0 Å². The molecular formula is C13H13ClN2. The van der Waals surface area contributed by atoms with E-state index in [0.29, 0.717) is 0 Å². The Hall–Kier alpha value is -1.67. The number of hydrogen-bond donors (Lipinski definition) is 1. The molecule has 3 heteroatoms. The van der Waals surface area contributed by atoms with Crippen LogP contribution in [0.3, 0.4) is 0 Å². The van der Waals surface area contributed by atoms with E-state index in [1.54, 1.807) is 0 Å². The van der Waals surface area contributed by atoms with Gasteiger partial charge in [0.1, 0.15) is 0 Å². The quantitative estimate of drug-likeness (QED) is 0.592. The summed E-state index contributed by atoms with van der Waals surface area (Å²) in [5.41, 5.74) is 9.11. The lowest BCUT2D eigenvalue weighted by atomic mass is 10.1. The molecule has 2 N–H and O–H groups in total.